The van der Waals surface area contributed by atoms with E-state index in [0.717, 1.165) is 16.7 Å². The van der Waals surface area contributed by atoms with Crippen LogP contribution < -0.4 is 15.5 Å². The maximum atomic E-state index is 13.2. The van der Waals surface area contributed by atoms with Crippen molar-refractivity contribution in [3.05, 3.63) is 59.9 Å². The van der Waals surface area contributed by atoms with E-state index in [1.165, 1.54) is 18.2 Å². The van der Waals surface area contributed by atoms with E-state index in [-0.39, 0.29) is 36.9 Å². The smallest absolute Gasteiger partial charge is 0.368 e. The maximum absolute atomic E-state index is 13.2. The Morgan fingerprint density at radius 2 is 1.61 bits per heavy atom. The minimum atomic E-state index is -4.86. The van der Waals surface area contributed by atoms with Gasteiger partial charge >= 0.3 is 12.1 Å². The molecule has 1 aliphatic heterocycles. The second-order valence-corrected chi connectivity index (χ2v) is 7.15. The molecule has 2 aromatic carbocycles. The Hall–Kier alpha value is -3.21. The predicted octanol–water partition coefficient (Wildman–Crippen LogP) is 3.16. The average molecular weight is 454 g/mol. The fourth-order valence-corrected chi connectivity index (χ4v) is 3.28. The molecule has 0 aliphatic carbocycles. The Morgan fingerprint density at radius 1 is 0.968 bits per heavy atom. The fraction of sp³-hybridized carbons (Fsp3) is 0.250. The van der Waals surface area contributed by atoms with Crippen LogP contribution in [-0.2, 0) is 4.79 Å². The molecule has 0 spiro atoms. The van der Waals surface area contributed by atoms with Crippen molar-refractivity contribution in [1.29, 1.82) is 0 Å². The van der Waals surface area contributed by atoms with Crippen LogP contribution in [0.2, 0.25) is 0 Å². The summed E-state index contributed by atoms with van der Waals surface area (Å²) >= 11 is 5.09. The van der Waals surface area contributed by atoms with Gasteiger partial charge in [0.15, 0.2) is 5.11 Å². The molecule has 6 nitrogen and oxygen atoms in total. The zero-order valence-corrected chi connectivity index (χ0v) is 16.9. The topological polar surface area (TPSA) is 64.7 Å². The quantitative estimate of drug-likeness (QED) is 0.551. The van der Waals surface area contributed by atoms with Crippen LogP contribution in [0.3, 0.4) is 0 Å². The molecule has 0 atom stereocenters. The molecule has 3 rings (SSSR count). The Balaban J connectivity index is 1.52. The van der Waals surface area contributed by atoms with Crippen molar-refractivity contribution in [3.63, 3.8) is 0 Å². The van der Waals surface area contributed by atoms with E-state index in [2.05, 4.69) is 10.6 Å². The number of thiocarbonyl (C=S) groups is 1. The lowest BCUT2D eigenvalue weighted by Gasteiger charge is -2.36. The number of carbonyl (C=O) groups is 2. The largest absolute Gasteiger partial charge is 0.471 e. The summed E-state index contributed by atoms with van der Waals surface area (Å²) < 4.78 is 50.8. The summed E-state index contributed by atoms with van der Waals surface area (Å²) in [7, 11) is 0. The van der Waals surface area contributed by atoms with Gasteiger partial charge in [-0.2, -0.15) is 13.2 Å². The van der Waals surface area contributed by atoms with Crippen molar-refractivity contribution >= 4 is 40.5 Å². The number of nitrogens with zero attached hydrogens (tertiary/aromatic N) is 2. The van der Waals surface area contributed by atoms with Crippen LogP contribution in [0.4, 0.5) is 28.9 Å². The molecule has 31 heavy (non-hydrogen) atoms. The molecule has 164 valence electrons. The van der Waals surface area contributed by atoms with Gasteiger partial charge in [0.1, 0.15) is 5.82 Å². The zero-order chi connectivity index (χ0) is 22.6. The first-order chi connectivity index (χ1) is 14.6. The molecule has 0 radical (unpaired) electrons. The monoisotopic (exact) mass is 454 g/mol. The fourth-order valence-electron chi connectivity index (χ4n) is 3.07. The Bertz CT molecular complexity index is 974. The first-order valence-electron chi connectivity index (χ1n) is 9.22. The first kappa shape index (κ1) is 22.5. The second kappa shape index (κ2) is 9.29. The van der Waals surface area contributed by atoms with Crippen LogP contribution in [0, 0.1) is 5.82 Å². The van der Waals surface area contributed by atoms with Crippen LogP contribution >= 0.6 is 12.2 Å². The van der Waals surface area contributed by atoms with Crippen molar-refractivity contribution in [1.82, 2.24) is 10.2 Å². The van der Waals surface area contributed by atoms with Crippen LogP contribution in [0.15, 0.2) is 48.5 Å². The lowest BCUT2D eigenvalue weighted by atomic mass is 10.2. The third-order valence-corrected chi connectivity index (χ3v) is 4.82. The number of hydrogen-bond acceptors (Lipinski definition) is 4. The summed E-state index contributed by atoms with van der Waals surface area (Å²) in [5.74, 6) is -2.91. The molecular formula is C20H18F4N4O2S. The lowest BCUT2D eigenvalue weighted by Crippen LogP contribution is -2.52. The first-order valence-corrected chi connectivity index (χ1v) is 9.63. The van der Waals surface area contributed by atoms with Crippen molar-refractivity contribution in [3.8, 4) is 0 Å². The summed E-state index contributed by atoms with van der Waals surface area (Å²) in [6.45, 7) is 0.510. The normalized spacial score (nSPS) is 14.2. The van der Waals surface area contributed by atoms with Gasteiger partial charge in [-0.15, -0.1) is 0 Å². The van der Waals surface area contributed by atoms with E-state index >= 15 is 0 Å². The Kier molecular flexibility index (Phi) is 6.74. The van der Waals surface area contributed by atoms with E-state index < -0.39 is 23.8 Å². The SMILES string of the molecule is O=C(NC(=S)Nc1ccc(N2CCN(C(=O)C(F)(F)F)CC2)cc1)c1cccc(F)c1. The summed E-state index contributed by atoms with van der Waals surface area (Å²) in [5.41, 5.74) is 1.49. The molecule has 0 aromatic heterocycles. The predicted molar refractivity (Wildman–Crippen MR) is 111 cm³/mol. The number of anilines is 2. The molecule has 2 amide bonds. The second-order valence-electron chi connectivity index (χ2n) is 6.74. The van der Waals surface area contributed by atoms with E-state index in [4.69, 9.17) is 12.2 Å². The third kappa shape index (κ3) is 5.91. The third-order valence-electron chi connectivity index (χ3n) is 4.61. The van der Waals surface area contributed by atoms with Gasteiger partial charge in [0.25, 0.3) is 5.91 Å². The highest BCUT2D eigenvalue weighted by Crippen LogP contribution is 2.23. The number of nitrogens with one attached hydrogen (secondary N) is 2. The number of alkyl halides is 3. The van der Waals surface area contributed by atoms with Crippen molar-refractivity contribution in [2.75, 3.05) is 36.4 Å². The summed E-state index contributed by atoms with van der Waals surface area (Å²) in [6, 6.07) is 12.1. The molecule has 0 unspecified atom stereocenters. The zero-order valence-electron chi connectivity index (χ0n) is 16.1. The molecule has 1 saturated heterocycles. The highest BCUT2D eigenvalue weighted by atomic mass is 32.1. The molecule has 0 saturated carbocycles. The minimum absolute atomic E-state index is 0.0193. The Labute approximate surface area is 180 Å². The number of carbonyl (C=O) groups excluding carboxylic acids is 2. The van der Waals surface area contributed by atoms with E-state index in [0.29, 0.717) is 5.69 Å². The van der Waals surface area contributed by atoms with Gasteiger partial charge in [-0.25, -0.2) is 4.39 Å². The molecule has 2 N–H and O–H groups in total. The van der Waals surface area contributed by atoms with Crippen molar-refractivity contribution in [2.24, 2.45) is 0 Å². The number of amides is 2. The molecule has 11 heteroatoms. The van der Waals surface area contributed by atoms with Gasteiger partial charge in [0, 0.05) is 43.1 Å². The van der Waals surface area contributed by atoms with Crippen molar-refractivity contribution < 1.29 is 27.2 Å². The van der Waals surface area contributed by atoms with Gasteiger partial charge in [0.05, 0.1) is 0 Å². The lowest BCUT2D eigenvalue weighted by molar-refractivity contribution is -0.185. The molecule has 1 fully saturated rings. The molecule has 2 aromatic rings. The van der Waals surface area contributed by atoms with Gasteiger partial charge in [-0.3, -0.25) is 14.9 Å². The van der Waals surface area contributed by atoms with Gasteiger partial charge in [-0.05, 0) is 54.7 Å². The van der Waals surface area contributed by atoms with Crippen LogP contribution in [0.5, 0.6) is 0 Å². The van der Waals surface area contributed by atoms with E-state index in [1.54, 1.807) is 24.3 Å². The van der Waals surface area contributed by atoms with Gasteiger partial charge < -0.3 is 15.1 Å². The number of hydrogen-bond donors (Lipinski definition) is 2. The van der Waals surface area contributed by atoms with Gasteiger partial charge in [-0.1, -0.05) is 6.07 Å². The maximum Gasteiger partial charge on any atom is 0.471 e. The number of benzene rings is 2. The van der Waals surface area contributed by atoms with E-state index in [9.17, 15) is 27.2 Å². The minimum Gasteiger partial charge on any atom is -0.368 e. The Morgan fingerprint density at radius 3 is 2.19 bits per heavy atom. The van der Waals surface area contributed by atoms with Crippen molar-refractivity contribution in [2.45, 2.75) is 6.18 Å². The van der Waals surface area contributed by atoms with Gasteiger partial charge in [0.2, 0.25) is 0 Å². The molecule has 0 bridgehead atoms. The number of piperazine rings is 1. The van der Waals surface area contributed by atoms with E-state index in [1.807, 2.05) is 4.90 Å². The standard InChI is InChI=1S/C20H18F4N4O2S/c21-14-3-1-2-13(12-14)17(29)26-19(31)25-15-4-6-16(7-5-15)27-8-10-28(11-9-27)18(30)20(22,23)24/h1-7,12H,8-11H2,(H2,25,26,29,31). The highest BCUT2D eigenvalue weighted by molar-refractivity contribution is 7.80. The highest BCUT2D eigenvalue weighted by Gasteiger charge is 2.43. The summed E-state index contributed by atoms with van der Waals surface area (Å²) in [4.78, 5) is 26.1. The summed E-state index contributed by atoms with van der Waals surface area (Å²) in [6.07, 6.45) is -4.86. The molecule has 1 aliphatic rings. The number of rotatable bonds is 3. The molecule has 1 heterocycles. The average Bonchev–Trinajstić information content (AvgIpc) is 2.73. The van der Waals surface area contributed by atoms with Crippen LogP contribution in [0.25, 0.3) is 0 Å². The summed E-state index contributed by atoms with van der Waals surface area (Å²) in [5, 5.41) is 5.32. The van der Waals surface area contributed by atoms with Crippen LogP contribution in [0.1, 0.15) is 10.4 Å². The number of halogens is 4. The molecular weight excluding hydrogens is 436 g/mol. The van der Waals surface area contributed by atoms with Crippen LogP contribution in [-0.4, -0.2) is 54.2 Å².